The van der Waals surface area contributed by atoms with Crippen molar-refractivity contribution in [1.82, 2.24) is 4.98 Å². The molecular formula is C11H16N2O3S. The Hall–Kier alpha value is -1.14. The fourth-order valence-electron chi connectivity index (χ4n) is 1.86. The van der Waals surface area contributed by atoms with Gasteiger partial charge in [-0.3, -0.25) is 0 Å². The minimum atomic E-state index is -0.897. The fourth-order valence-corrected chi connectivity index (χ4v) is 2.80. The number of aromatic nitrogens is 1. The van der Waals surface area contributed by atoms with Gasteiger partial charge in [0.15, 0.2) is 5.13 Å². The number of aryl methyl sites for hydroxylation is 1. The molecule has 1 fully saturated rings. The fraction of sp³-hybridized carbons (Fsp3) is 0.636. The van der Waals surface area contributed by atoms with Crippen molar-refractivity contribution >= 4 is 22.4 Å². The largest absolute Gasteiger partial charge is 0.477 e. The van der Waals surface area contributed by atoms with Crippen LogP contribution >= 0.6 is 11.3 Å². The second kappa shape index (κ2) is 5.01. The Kier molecular flexibility index (Phi) is 3.63. The van der Waals surface area contributed by atoms with Crippen molar-refractivity contribution < 1.29 is 14.6 Å². The number of aromatic carboxylic acids is 1. The summed E-state index contributed by atoms with van der Waals surface area (Å²) in [5.74, 6) is -0.897. The summed E-state index contributed by atoms with van der Waals surface area (Å²) in [6.45, 7) is 6.08. The highest BCUT2D eigenvalue weighted by Gasteiger charge is 2.23. The summed E-state index contributed by atoms with van der Waals surface area (Å²) in [6, 6.07) is 0. The zero-order valence-corrected chi connectivity index (χ0v) is 10.8. The third-order valence-electron chi connectivity index (χ3n) is 2.84. The third kappa shape index (κ3) is 2.58. The summed E-state index contributed by atoms with van der Waals surface area (Å²) in [5, 5.41) is 9.80. The number of carboxylic acid groups (broad SMARTS) is 1. The van der Waals surface area contributed by atoms with E-state index in [9.17, 15) is 4.79 Å². The molecule has 1 unspecified atom stereocenters. The Labute approximate surface area is 104 Å². The van der Waals surface area contributed by atoms with Crippen LogP contribution < -0.4 is 4.90 Å². The summed E-state index contributed by atoms with van der Waals surface area (Å²) in [4.78, 5) is 17.7. The van der Waals surface area contributed by atoms with Crippen LogP contribution in [-0.2, 0) is 4.74 Å². The number of hydrogen-bond donors (Lipinski definition) is 1. The van der Waals surface area contributed by atoms with E-state index >= 15 is 0 Å². The normalized spacial score (nSPS) is 20.6. The maximum absolute atomic E-state index is 11.0. The minimum Gasteiger partial charge on any atom is -0.477 e. The van der Waals surface area contributed by atoms with Gasteiger partial charge in [-0.25, -0.2) is 9.78 Å². The van der Waals surface area contributed by atoms with Gasteiger partial charge in [0, 0.05) is 13.1 Å². The molecule has 1 aliphatic heterocycles. The molecule has 0 radical (unpaired) electrons. The van der Waals surface area contributed by atoms with Gasteiger partial charge in [-0.15, -0.1) is 0 Å². The average Bonchev–Trinajstić information content (AvgIpc) is 2.71. The molecule has 17 heavy (non-hydrogen) atoms. The Bertz CT molecular complexity index is 419. The number of rotatable bonds is 3. The lowest BCUT2D eigenvalue weighted by Crippen LogP contribution is -2.42. The lowest BCUT2D eigenvalue weighted by molar-refractivity contribution is 0.0384. The minimum absolute atomic E-state index is 0.223. The lowest BCUT2D eigenvalue weighted by Gasteiger charge is -2.32. The van der Waals surface area contributed by atoms with Crippen molar-refractivity contribution in [2.24, 2.45) is 0 Å². The molecule has 0 aliphatic carbocycles. The van der Waals surface area contributed by atoms with Crippen LogP contribution in [0, 0.1) is 6.92 Å². The highest BCUT2D eigenvalue weighted by atomic mass is 32.1. The smallest absolute Gasteiger partial charge is 0.347 e. The van der Waals surface area contributed by atoms with E-state index in [1.165, 1.54) is 11.3 Å². The van der Waals surface area contributed by atoms with Crippen LogP contribution in [0.1, 0.15) is 28.7 Å². The Morgan fingerprint density at radius 3 is 3.06 bits per heavy atom. The van der Waals surface area contributed by atoms with E-state index in [0.717, 1.165) is 24.6 Å². The number of thiazole rings is 1. The second-order valence-electron chi connectivity index (χ2n) is 4.06. The third-order valence-corrected chi connectivity index (χ3v) is 4.05. The Morgan fingerprint density at radius 1 is 1.71 bits per heavy atom. The van der Waals surface area contributed by atoms with Crippen molar-refractivity contribution in [2.45, 2.75) is 26.4 Å². The quantitative estimate of drug-likeness (QED) is 0.893. The molecule has 1 aromatic rings. The first kappa shape index (κ1) is 12.3. The molecule has 0 aromatic carbocycles. The van der Waals surface area contributed by atoms with E-state index in [1.54, 1.807) is 6.92 Å². The van der Waals surface area contributed by atoms with Crippen molar-refractivity contribution in [1.29, 1.82) is 0 Å². The van der Waals surface area contributed by atoms with Crippen LogP contribution in [0.25, 0.3) is 0 Å². The molecule has 0 amide bonds. The van der Waals surface area contributed by atoms with Crippen molar-refractivity contribution in [2.75, 3.05) is 24.6 Å². The van der Waals surface area contributed by atoms with E-state index in [2.05, 4.69) is 16.8 Å². The number of nitrogens with zero attached hydrogens (tertiary/aromatic N) is 2. The molecular weight excluding hydrogens is 240 g/mol. The maximum atomic E-state index is 11.0. The van der Waals surface area contributed by atoms with Crippen molar-refractivity contribution in [3.05, 3.63) is 10.6 Å². The van der Waals surface area contributed by atoms with Crippen LogP contribution in [0.2, 0.25) is 0 Å². The first-order valence-corrected chi connectivity index (χ1v) is 6.50. The highest BCUT2D eigenvalue weighted by molar-refractivity contribution is 7.17. The molecule has 1 saturated heterocycles. The van der Waals surface area contributed by atoms with Crippen LogP contribution in [0.5, 0.6) is 0 Å². The number of ether oxygens (including phenoxy) is 1. The van der Waals surface area contributed by atoms with Gasteiger partial charge in [-0.05, 0) is 13.3 Å². The predicted octanol–water partition coefficient (Wildman–Crippen LogP) is 1.76. The number of morpholine rings is 1. The van der Waals surface area contributed by atoms with E-state index in [-0.39, 0.29) is 6.10 Å². The van der Waals surface area contributed by atoms with Crippen molar-refractivity contribution in [3.8, 4) is 0 Å². The van der Waals surface area contributed by atoms with Crippen molar-refractivity contribution in [3.63, 3.8) is 0 Å². The summed E-state index contributed by atoms with van der Waals surface area (Å²) in [5.41, 5.74) is 0.594. The monoisotopic (exact) mass is 256 g/mol. The molecule has 2 heterocycles. The number of carbonyl (C=O) groups is 1. The molecule has 1 N–H and O–H groups in total. The van der Waals surface area contributed by atoms with E-state index < -0.39 is 5.97 Å². The Morgan fingerprint density at radius 2 is 2.47 bits per heavy atom. The van der Waals surface area contributed by atoms with Crippen LogP contribution in [-0.4, -0.2) is 41.9 Å². The van der Waals surface area contributed by atoms with Gasteiger partial charge in [0.05, 0.1) is 18.4 Å². The first-order valence-electron chi connectivity index (χ1n) is 5.69. The van der Waals surface area contributed by atoms with Gasteiger partial charge in [-0.2, -0.15) is 0 Å². The average molecular weight is 256 g/mol. The van der Waals surface area contributed by atoms with Gasteiger partial charge in [0.1, 0.15) is 4.88 Å². The second-order valence-corrected chi connectivity index (χ2v) is 5.04. The first-order chi connectivity index (χ1) is 8.11. The predicted molar refractivity (Wildman–Crippen MR) is 66.1 cm³/mol. The number of hydrogen-bond acceptors (Lipinski definition) is 5. The highest BCUT2D eigenvalue weighted by Crippen LogP contribution is 2.27. The van der Waals surface area contributed by atoms with Gasteiger partial charge in [-0.1, -0.05) is 18.3 Å². The molecule has 0 saturated carbocycles. The number of carboxylic acids is 1. The Balaban J connectivity index is 2.16. The van der Waals surface area contributed by atoms with Crippen LogP contribution in [0.15, 0.2) is 0 Å². The summed E-state index contributed by atoms with van der Waals surface area (Å²) < 4.78 is 5.58. The molecule has 0 bridgehead atoms. The molecule has 6 heteroatoms. The topological polar surface area (TPSA) is 62.7 Å². The standard InChI is InChI=1S/C11H16N2O3S/c1-3-8-6-13(4-5-16-8)11-12-7(2)9(17-11)10(14)15/h8H,3-6H2,1-2H3,(H,14,15). The molecule has 94 valence electrons. The van der Waals surface area contributed by atoms with E-state index in [1.807, 2.05) is 0 Å². The summed E-state index contributed by atoms with van der Waals surface area (Å²) in [6.07, 6.45) is 1.19. The number of anilines is 1. The van der Waals surface area contributed by atoms with Gasteiger partial charge >= 0.3 is 5.97 Å². The van der Waals surface area contributed by atoms with E-state index in [0.29, 0.717) is 17.2 Å². The zero-order valence-electron chi connectivity index (χ0n) is 9.97. The lowest BCUT2D eigenvalue weighted by atomic mass is 10.2. The molecule has 0 spiro atoms. The molecule has 2 rings (SSSR count). The van der Waals surface area contributed by atoms with Crippen LogP contribution in [0.3, 0.4) is 0 Å². The maximum Gasteiger partial charge on any atom is 0.347 e. The SMILES string of the molecule is CCC1CN(c2nc(C)c(C(=O)O)s2)CCO1. The summed E-state index contributed by atoms with van der Waals surface area (Å²) in [7, 11) is 0. The summed E-state index contributed by atoms with van der Waals surface area (Å²) >= 11 is 1.25. The van der Waals surface area contributed by atoms with Gasteiger partial charge in [0.25, 0.3) is 0 Å². The molecule has 1 atom stereocenters. The molecule has 5 nitrogen and oxygen atoms in total. The van der Waals surface area contributed by atoms with Gasteiger partial charge < -0.3 is 14.7 Å². The molecule has 1 aromatic heterocycles. The van der Waals surface area contributed by atoms with Gasteiger partial charge in [0.2, 0.25) is 0 Å². The zero-order chi connectivity index (χ0) is 12.4. The van der Waals surface area contributed by atoms with E-state index in [4.69, 9.17) is 9.84 Å². The van der Waals surface area contributed by atoms with Crippen LogP contribution in [0.4, 0.5) is 5.13 Å². The molecule has 1 aliphatic rings.